The molecule has 3 rings (SSSR count). The quantitative estimate of drug-likeness (QED) is 0.645. The number of benzene rings is 2. The first-order chi connectivity index (χ1) is 15.2. The number of aryl methyl sites for hydroxylation is 1. The van der Waals surface area contributed by atoms with Gasteiger partial charge in [0, 0.05) is 18.0 Å². The molecule has 0 aliphatic carbocycles. The van der Waals surface area contributed by atoms with Gasteiger partial charge in [0.25, 0.3) is 0 Å². The van der Waals surface area contributed by atoms with E-state index < -0.39 is 39.4 Å². The Kier molecular flexibility index (Phi) is 6.83. The fraction of sp³-hybridized carbons (Fsp3) is 0.435. The molecule has 1 aliphatic rings. The van der Waals surface area contributed by atoms with Crippen LogP contribution < -0.4 is 4.74 Å². The molecule has 7 nitrogen and oxygen atoms in total. The normalized spacial score (nSPS) is 18.1. The second kappa shape index (κ2) is 8.87. The SMILES string of the molecule is Cc1ccc(F)c(C(C)C(C(=O)O)N2CCOc3c(ccc(Cl)c3C(C)(C)O)S2(=O)=O)c1C. The summed E-state index contributed by atoms with van der Waals surface area (Å²) in [6, 6.07) is 3.79. The highest BCUT2D eigenvalue weighted by molar-refractivity contribution is 7.89. The molecule has 0 spiro atoms. The fourth-order valence-electron chi connectivity index (χ4n) is 4.34. The molecule has 2 atom stereocenters. The molecule has 0 radical (unpaired) electrons. The van der Waals surface area contributed by atoms with E-state index in [1.165, 1.54) is 39.0 Å². The number of nitrogens with zero attached hydrogens (tertiary/aromatic N) is 1. The van der Waals surface area contributed by atoms with Gasteiger partial charge in [-0.2, -0.15) is 4.31 Å². The highest BCUT2D eigenvalue weighted by Gasteiger charge is 2.44. The van der Waals surface area contributed by atoms with Crippen molar-refractivity contribution in [2.24, 2.45) is 0 Å². The summed E-state index contributed by atoms with van der Waals surface area (Å²) < 4.78 is 48.7. The van der Waals surface area contributed by atoms with Crippen LogP contribution in [0.3, 0.4) is 0 Å². The number of sulfonamides is 1. The van der Waals surface area contributed by atoms with Crippen molar-refractivity contribution in [1.29, 1.82) is 0 Å². The molecule has 0 saturated carbocycles. The average molecular weight is 500 g/mol. The van der Waals surface area contributed by atoms with Gasteiger partial charge in [0.1, 0.15) is 29.1 Å². The molecule has 0 fully saturated rings. The molecule has 0 bridgehead atoms. The van der Waals surface area contributed by atoms with Crippen molar-refractivity contribution in [3.05, 3.63) is 57.4 Å². The van der Waals surface area contributed by atoms with Gasteiger partial charge >= 0.3 is 5.97 Å². The van der Waals surface area contributed by atoms with Crippen molar-refractivity contribution in [1.82, 2.24) is 4.31 Å². The Labute approximate surface area is 197 Å². The first kappa shape index (κ1) is 25.4. The number of aliphatic carboxylic acids is 1. The van der Waals surface area contributed by atoms with E-state index in [1.807, 2.05) is 0 Å². The maximum Gasteiger partial charge on any atom is 0.322 e. The summed E-state index contributed by atoms with van der Waals surface area (Å²) in [6.07, 6.45) is 0. The van der Waals surface area contributed by atoms with Crippen molar-refractivity contribution in [2.75, 3.05) is 13.2 Å². The van der Waals surface area contributed by atoms with E-state index >= 15 is 0 Å². The van der Waals surface area contributed by atoms with Crippen LogP contribution in [0.2, 0.25) is 5.02 Å². The lowest BCUT2D eigenvalue weighted by molar-refractivity contribution is -0.142. The maximum atomic E-state index is 14.8. The number of ether oxygens (including phenoxy) is 1. The third-order valence-electron chi connectivity index (χ3n) is 6.05. The van der Waals surface area contributed by atoms with Crippen LogP contribution in [0.4, 0.5) is 4.39 Å². The third kappa shape index (κ3) is 4.47. The minimum atomic E-state index is -4.42. The molecule has 2 unspecified atom stereocenters. The Hall–Kier alpha value is -2.20. The Morgan fingerprint density at radius 2 is 1.88 bits per heavy atom. The summed E-state index contributed by atoms with van der Waals surface area (Å²) in [5.41, 5.74) is 0.0471. The molecule has 1 aliphatic heterocycles. The predicted octanol–water partition coefficient (Wildman–Crippen LogP) is 3.96. The average Bonchev–Trinajstić information content (AvgIpc) is 2.80. The Balaban J connectivity index is 2.20. The van der Waals surface area contributed by atoms with Crippen molar-refractivity contribution in [2.45, 2.75) is 57.1 Å². The van der Waals surface area contributed by atoms with Crippen molar-refractivity contribution in [3.8, 4) is 5.75 Å². The van der Waals surface area contributed by atoms with E-state index in [0.29, 0.717) is 5.56 Å². The van der Waals surface area contributed by atoms with Crippen LogP contribution in [0.15, 0.2) is 29.2 Å². The van der Waals surface area contributed by atoms with Crippen LogP contribution in [-0.2, 0) is 20.4 Å². The molecule has 1 heterocycles. The minimum absolute atomic E-state index is 0.0904. The lowest BCUT2D eigenvalue weighted by atomic mass is 9.87. The van der Waals surface area contributed by atoms with Gasteiger partial charge in [0.2, 0.25) is 10.0 Å². The van der Waals surface area contributed by atoms with Crippen LogP contribution in [0.25, 0.3) is 0 Å². The van der Waals surface area contributed by atoms with Crippen LogP contribution in [0.1, 0.15) is 48.9 Å². The van der Waals surface area contributed by atoms with Gasteiger partial charge in [0.15, 0.2) is 0 Å². The molecule has 2 aromatic rings. The van der Waals surface area contributed by atoms with Crippen LogP contribution in [-0.4, -0.2) is 48.1 Å². The number of hydrogen-bond acceptors (Lipinski definition) is 5. The molecule has 0 amide bonds. The summed E-state index contributed by atoms with van der Waals surface area (Å²) >= 11 is 6.24. The smallest absolute Gasteiger partial charge is 0.322 e. The number of carboxylic acids is 1. The zero-order chi connectivity index (χ0) is 24.9. The minimum Gasteiger partial charge on any atom is -0.490 e. The molecule has 0 aromatic heterocycles. The predicted molar refractivity (Wildman–Crippen MR) is 122 cm³/mol. The number of hydrogen-bond donors (Lipinski definition) is 2. The lowest BCUT2D eigenvalue weighted by Crippen LogP contribution is -2.48. The third-order valence-corrected chi connectivity index (χ3v) is 8.27. The summed E-state index contributed by atoms with van der Waals surface area (Å²) in [4.78, 5) is 12.1. The van der Waals surface area contributed by atoms with E-state index in [0.717, 1.165) is 9.87 Å². The molecule has 2 N–H and O–H groups in total. The summed E-state index contributed by atoms with van der Waals surface area (Å²) in [5, 5.41) is 20.8. The summed E-state index contributed by atoms with van der Waals surface area (Å²) in [7, 11) is -4.42. The number of halogens is 2. The van der Waals surface area contributed by atoms with E-state index in [9.17, 15) is 27.8 Å². The number of aliphatic hydroxyl groups is 1. The van der Waals surface area contributed by atoms with Gasteiger partial charge in [0.05, 0.1) is 10.6 Å². The van der Waals surface area contributed by atoms with Gasteiger partial charge in [-0.05, 0) is 62.6 Å². The maximum absolute atomic E-state index is 14.8. The zero-order valence-corrected chi connectivity index (χ0v) is 20.6. The first-order valence-corrected chi connectivity index (χ1v) is 12.2. The molecule has 0 saturated heterocycles. The van der Waals surface area contributed by atoms with Crippen molar-refractivity contribution >= 4 is 27.6 Å². The van der Waals surface area contributed by atoms with E-state index in [-0.39, 0.29) is 39.9 Å². The van der Waals surface area contributed by atoms with E-state index in [1.54, 1.807) is 19.9 Å². The second-order valence-electron chi connectivity index (χ2n) is 8.75. The fourth-order valence-corrected chi connectivity index (χ4v) is 6.49. The summed E-state index contributed by atoms with van der Waals surface area (Å²) in [6.45, 7) is 7.37. The van der Waals surface area contributed by atoms with Crippen molar-refractivity contribution in [3.63, 3.8) is 0 Å². The standard InChI is InChI=1S/C23H27ClFNO6S/c1-12-6-8-16(25)18(13(12)2)14(3)20(22(27)28)26-10-11-32-21-17(33(26,30)31)9-7-15(24)19(21)23(4,5)29/h6-9,14,20,29H,10-11H2,1-5H3,(H,27,28). The monoisotopic (exact) mass is 499 g/mol. The van der Waals surface area contributed by atoms with Gasteiger partial charge in [-0.15, -0.1) is 0 Å². The molecular formula is C23H27ClFNO6S. The number of rotatable bonds is 5. The molecule has 180 valence electrons. The van der Waals surface area contributed by atoms with Crippen LogP contribution in [0.5, 0.6) is 5.75 Å². The zero-order valence-electron chi connectivity index (χ0n) is 19.0. The number of fused-ring (bicyclic) bond motifs is 1. The van der Waals surface area contributed by atoms with Crippen molar-refractivity contribution < 1.29 is 32.6 Å². The Morgan fingerprint density at radius 3 is 2.45 bits per heavy atom. The number of carbonyl (C=O) groups is 1. The van der Waals surface area contributed by atoms with E-state index in [4.69, 9.17) is 16.3 Å². The van der Waals surface area contributed by atoms with Gasteiger partial charge < -0.3 is 14.9 Å². The molecule has 2 aromatic carbocycles. The Morgan fingerprint density at radius 1 is 1.24 bits per heavy atom. The number of carboxylic acid groups (broad SMARTS) is 1. The highest BCUT2D eigenvalue weighted by atomic mass is 35.5. The van der Waals surface area contributed by atoms with Gasteiger partial charge in [-0.25, -0.2) is 12.8 Å². The molecule has 10 heteroatoms. The highest BCUT2D eigenvalue weighted by Crippen LogP contribution is 2.43. The second-order valence-corrected chi connectivity index (χ2v) is 11.0. The Bertz CT molecular complexity index is 1210. The summed E-state index contributed by atoms with van der Waals surface area (Å²) in [5.74, 6) is -3.13. The van der Waals surface area contributed by atoms with Gasteiger partial charge in [-0.3, -0.25) is 4.79 Å². The first-order valence-electron chi connectivity index (χ1n) is 10.4. The van der Waals surface area contributed by atoms with E-state index in [2.05, 4.69) is 0 Å². The lowest BCUT2D eigenvalue weighted by Gasteiger charge is -2.32. The largest absolute Gasteiger partial charge is 0.490 e. The van der Waals surface area contributed by atoms with Crippen LogP contribution in [0, 0.1) is 19.7 Å². The molecular weight excluding hydrogens is 473 g/mol. The van der Waals surface area contributed by atoms with Gasteiger partial charge in [-0.1, -0.05) is 24.6 Å². The topological polar surface area (TPSA) is 104 Å². The van der Waals surface area contributed by atoms with Crippen LogP contribution >= 0.6 is 11.6 Å². The molecule has 33 heavy (non-hydrogen) atoms.